The predicted molar refractivity (Wildman–Crippen MR) is 145 cm³/mol. The number of carbonyl (C=O) groups is 1. The Labute approximate surface area is 223 Å². The number of aliphatic hydroxyl groups excluding tert-OH is 1. The van der Waals surface area contributed by atoms with Gasteiger partial charge in [-0.3, -0.25) is 14.8 Å². The minimum absolute atomic E-state index is 0.377. The molecule has 1 atom stereocenters. The van der Waals surface area contributed by atoms with E-state index in [1.165, 1.54) is 0 Å². The van der Waals surface area contributed by atoms with Gasteiger partial charge in [0.2, 0.25) is 0 Å². The summed E-state index contributed by atoms with van der Waals surface area (Å²) in [5, 5.41) is 24.6. The molecule has 6 heterocycles. The molecule has 0 fully saturated rings. The second-order valence-corrected chi connectivity index (χ2v) is 8.56. The van der Waals surface area contributed by atoms with Gasteiger partial charge in [-0.2, -0.15) is 19.2 Å². The SMILES string of the molecule is CC(O)c1cc(NCc2cccnc2)n2nccc2n1.O=Cc1cc(NCc2cccnc2)n2nccc2n1. The van der Waals surface area contributed by atoms with Gasteiger partial charge in [-0.05, 0) is 30.2 Å². The molecule has 39 heavy (non-hydrogen) atoms. The van der Waals surface area contributed by atoms with E-state index in [0.29, 0.717) is 35.8 Å². The van der Waals surface area contributed by atoms with E-state index in [-0.39, 0.29) is 0 Å². The molecular formula is C27H26N10O2. The van der Waals surface area contributed by atoms with Crippen molar-refractivity contribution >= 4 is 29.2 Å². The summed E-state index contributed by atoms with van der Waals surface area (Å²) in [6.45, 7) is 2.93. The molecule has 6 rings (SSSR count). The van der Waals surface area contributed by atoms with Gasteiger partial charge in [-0.25, -0.2) is 9.97 Å². The molecule has 6 aromatic heterocycles. The largest absolute Gasteiger partial charge is 0.387 e. The van der Waals surface area contributed by atoms with Gasteiger partial charge in [0.05, 0.1) is 24.2 Å². The normalized spacial score (nSPS) is 11.5. The van der Waals surface area contributed by atoms with E-state index in [1.54, 1.807) is 71.2 Å². The maximum absolute atomic E-state index is 10.9. The zero-order chi connectivity index (χ0) is 27.0. The number of fused-ring (bicyclic) bond motifs is 2. The van der Waals surface area contributed by atoms with Crippen molar-refractivity contribution in [3.8, 4) is 0 Å². The summed E-state index contributed by atoms with van der Waals surface area (Å²) in [5.41, 5.74) is 4.46. The van der Waals surface area contributed by atoms with E-state index in [1.807, 2.05) is 30.5 Å². The van der Waals surface area contributed by atoms with Crippen LogP contribution in [0.5, 0.6) is 0 Å². The smallest absolute Gasteiger partial charge is 0.168 e. The third-order valence-corrected chi connectivity index (χ3v) is 5.70. The average molecular weight is 523 g/mol. The summed E-state index contributed by atoms with van der Waals surface area (Å²) < 4.78 is 3.37. The number of hydrogen-bond donors (Lipinski definition) is 3. The lowest BCUT2D eigenvalue weighted by Gasteiger charge is -2.11. The Bertz CT molecular complexity index is 1670. The van der Waals surface area contributed by atoms with Crippen LogP contribution >= 0.6 is 0 Å². The molecule has 0 aromatic carbocycles. The monoisotopic (exact) mass is 522 g/mol. The molecule has 6 aromatic rings. The van der Waals surface area contributed by atoms with Crippen molar-refractivity contribution < 1.29 is 9.90 Å². The van der Waals surface area contributed by atoms with Gasteiger partial charge >= 0.3 is 0 Å². The lowest BCUT2D eigenvalue weighted by atomic mass is 10.2. The molecule has 0 radical (unpaired) electrons. The van der Waals surface area contributed by atoms with E-state index >= 15 is 0 Å². The Morgan fingerprint density at radius 2 is 1.38 bits per heavy atom. The van der Waals surface area contributed by atoms with Crippen LogP contribution < -0.4 is 10.6 Å². The fraction of sp³-hybridized carbons (Fsp3) is 0.148. The number of rotatable bonds is 8. The molecule has 0 amide bonds. The first-order valence-electron chi connectivity index (χ1n) is 12.2. The molecule has 0 aliphatic carbocycles. The van der Waals surface area contributed by atoms with Crippen molar-refractivity contribution in [2.75, 3.05) is 10.6 Å². The number of pyridine rings is 2. The molecule has 0 bridgehead atoms. The van der Waals surface area contributed by atoms with Gasteiger partial charge in [0.1, 0.15) is 17.3 Å². The van der Waals surface area contributed by atoms with Crippen LogP contribution in [0.1, 0.15) is 40.3 Å². The second kappa shape index (κ2) is 11.9. The van der Waals surface area contributed by atoms with Gasteiger partial charge in [0, 0.05) is 62.1 Å². The van der Waals surface area contributed by atoms with Gasteiger partial charge < -0.3 is 15.7 Å². The number of aromatic nitrogens is 8. The zero-order valence-electron chi connectivity index (χ0n) is 21.1. The molecule has 0 saturated heterocycles. The topological polar surface area (TPSA) is 148 Å². The average Bonchev–Trinajstić information content (AvgIpc) is 3.66. The molecule has 0 aliphatic rings. The molecule has 0 spiro atoms. The number of hydrogen-bond acceptors (Lipinski definition) is 10. The lowest BCUT2D eigenvalue weighted by molar-refractivity contribution is 0.111. The van der Waals surface area contributed by atoms with Crippen LogP contribution in [-0.2, 0) is 13.1 Å². The highest BCUT2D eigenvalue weighted by atomic mass is 16.3. The molecule has 0 aliphatic heterocycles. The Morgan fingerprint density at radius 1 is 0.821 bits per heavy atom. The van der Waals surface area contributed by atoms with Crippen molar-refractivity contribution in [3.63, 3.8) is 0 Å². The maximum Gasteiger partial charge on any atom is 0.168 e. The Balaban J connectivity index is 0.000000158. The Morgan fingerprint density at radius 3 is 1.90 bits per heavy atom. The van der Waals surface area contributed by atoms with Crippen molar-refractivity contribution in [1.82, 2.24) is 39.2 Å². The second-order valence-electron chi connectivity index (χ2n) is 8.56. The number of nitrogens with one attached hydrogen (secondary N) is 2. The van der Waals surface area contributed by atoms with Crippen molar-refractivity contribution in [3.05, 3.63) is 108 Å². The molecular weight excluding hydrogens is 496 g/mol. The highest BCUT2D eigenvalue weighted by Gasteiger charge is 2.10. The van der Waals surface area contributed by atoms with Crippen molar-refractivity contribution in [2.45, 2.75) is 26.1 Å². The molecule has 12 nitrogen and oxygen atoms in total. The number of nitrogens with zero attached hydrogens (tertiary/aromatic N) is 8. The fourth-order valence-corrected chi connectivity index (χ4v) is 3.78. The minimum Gasteiger partial charge on any atom is -0.387 e. The van der Waals surface area contributed by atoms with Crippen LogP contribution in [0.3, 0.4) is 0 Å². The summed E-state index contributed by atoms with van der Waals surface area (Å²) in [6.07, 6.45) is 10.5. The van der Waals surface area contributed by atoms with E-state index in [4.69, 9.17) is 0 Å². The summed E-state index contributed by atoms with van der Waals surface area (Å²) in [7, 11) is 0. The molecule has 3 N–H and O–H groups in total. The first kappa shape index (κ1) is 25.4. The van der Waals surface area contributed by atoms with Crippen molar-refractivity contribution in [1.29, 1.82) is 0 Å². The van der Waals surface area contributed by atoms with Crippen LogP contribution in [-0.4, -0.2) is 50.6 Å². The molecule has 0 saturated carbocycles. The number of aliphatic hydroxyl groups is 1. The molecule has 1 unspecified atom stereocenters. The van der Waals surface area contributed by atoms with Crippen LogP contribution in [0.25, 0.3) is 11.3 Å². The van der Waals surface area contributed by atoms with Crippen LogP contribution in [0.15, 0.2) is 85.7 Å². The van der Waals surface area contributed by atoms with E-state index < -0.39 is 6.10 Å². The Hall–Kier alpha value is -5.23. The third kappa shape index (κ3) is 6.19. The summed E-state index contributed by atoms with van der Waals surface area (Å²) in [6, 6.07) is 14.8. The van der Waals surface area contributed by atoms with Gasteiger partial charge in [0.15, 0.2) is 17.6 Å². The fourth-order valence-electron chi connectivity index (χ4n) is 3.78. The first-order chi connectivity index (χ1) is 19.1. The van der Waals surface area contributed by atoms with Crippen LogP contribution in [0, 0.1) is 0 Å². The van der Waals surface area contributed by atoms with E-state index in [0.717, 1.165) is 29.0 Å². The van der Waals surface area contributed by atoms with Gasteiger partial charge in [0.25, 0.3) is 0 Å². The minimum atomic E-state index is -0.617. The predicted octanol–water partition coefficient (Wildman–Crippen LogP) is 3.34. The zero-order valence-corrected chi connectivity index (χ0v) is 21.1. The third-order valence-electron chi connectivity index (χ3n) is 5.70. The molecule has 12 heteroatoms. The summed E-state index contributed by atoms with van der Waals surface area (Å²) in [5.74, 6) is 1.51. The first-order valence-corrected chi connectivity index (χ1v) is 12.2. The molecule has 196 valence electrons. The number of anilines is 2. The number of carbonyl (C=O) groups excluding carboxylic acids is 1. The lowest BCUT2D eigenvalue weighted by Crippen LogP contribution is -2.08. The highest BCUT2D eigenvalue weighted by molar-refractivity contribution is 5.75. The highest BCUT2D eigenvalue weighted by Crippen LogP contribution is 2.18. The van der Waals surface area contributed by atoms with Crippen molar-refractivity contribution in [2.24, 2.45) is 0 Å². The van der Waals surface area contributed by atoms with Crippen LogP contribution in [0.2, 0.25) is 0 Å². The van der Waals surface area contributed by atoms with E-state index in [9.17, 15) is 9.90 Å². The number of aldehydes is 1. The quantitative estimate of drug-likeness (QED) is 0.254. The van der Waals surface area contributed by atoms with Gasteiger partial charge in [-0.1, -0.05) is 12.1 Å². The van der Waals surface area contributed by atoms with Crippen LogP contribution in [0.4, 0.5) is 11.6 Å². The summed E-state index contributed by atoms with van der Waals surface area (Å²) >= 11 is 0. The van der Waals surface area contributed by atoms with E-state index in [2.05, 4.69) is 40.8 Å². The standard InChI is InChI=1S/C14H15N5O.C13H11N5O/c1-10(20)12-7-14(19-13(18-12)4-6-17-19)16-9-11-3-2-5-15-8-11;19-9-11-6-13(18-12(17-11)3-5-16-18)15-8-10-2-1-4-14-7-10/h2-8,10,16,20H,9H2,1H3;1-7,9,15H,8H2. The Kier molecular flexibility index (Phi) is 7.74. The summed E-state index contributed by atoms with van der Waals surface area (Å²) in [4.78, 5) is 27.5. The van der Waals surface area contributed by atoms with Gasteiger partial charge in [-0.15, -0.1) is 0 Å². The maximum atomic E-state index is 10.9.